The molecule has 65 heavy (non-hydrogen) atoms. The summed E-state index contributed by atoms with van der Waals surface area (Å²) >= 11 is 0. The molecule has 1 aromatic rings. The molecule has 4 saturated carbocycles. The molecule has 6 aliphatic carbocycles. The summed E-state index contributed by atoms with van der Waals surface area (Å²) in [5.74, 6) is 0.462. The number of carbonyl (C=O) groups excluding carboxylic acids is 4. The molecule has 0 amide bonds. The van der Waals surface area contributed by atoms with E-state index < -0.39 is 40.5 Å². The van der Waals surface area contributed by atoms with Crippen molar-refractivity contribution in [3.63, 3.8) is 0 Å². The first-order valence-corrected chi connectivity index (χ1v) is 23.6. The summed E-state index contributed by atoms with van der Waals surface area (Å²) in [6, 6.07) is 3.85. The van der Waals surface area contributed by atoms with Gasteiger partial charge >= 0.3 is 56.1 Å². The van der Waals surface area contributed by atoms with Crippen LogP contribution in [0.25, 0.3) is 0 Å². The minimum atomic E-state index is -6.81. The van der Waals surface area contributed by atoms with Gasteiger partial charge in [0.05, 0.1) is 56.0 Å². The molecule has 0 atom stereocenters. The van der Waals surface area contributed by atoms with Gasteiger partial charge in [-0.15, -0.1) is 3.71 Å². The molecule has 7 aliphatic rings. The van der Waals surface area contributed by atoms with Gasteiger partial charge in [-0.3, -0.25) is 19.2 Å². The van der Waals surface area contributed by atoms with E-state index in [1.807, 2.05) is 0 Å². The second-order valence-corrected chi connectivity index (χ2v) is 22.9. The van der Waals surface area contributed by atoms with Crippen LogP contribution in [0.5, 0.6) is 0 Å². The van der Waals surface area contributed by atoms with Crippen molar-refractivity contribution in [1.29, 1.82) is 0 Å². The number of benzene rings is 1. The molecule has 14 nitrogen and oxygen atoms in total. The Hall–Kier alpha value is -3.96. The van der Waals surface area contributed by atoms with Crippen LogP contribution in [0, 0.1) is 34.0 Å². The number of anilines is 1. The van der Waals surface area contributed by atoms with Crippen LogP contribution in [0.3, 0.4) is 0 Å². The van der Waals surface area contributed by atoms with Crippen molar-refractivity contribution >= 4 is 56.5 Å². The number of allylic oxidation sites excluding steroid dienone is 4. The SMILES string of the molecule is COC(=O)C1CC2(C=C(B3OC(C)(C)C(C)(C)O3)C2)C1.COC(=O)C1CC2(C=C(C)C2)C1.COC(=O)C1CC2(CC(=O)C2)C1.O=S(=O)(N(c1ccccc1)S(=O)(=O)C(F)(F)F)C(F)(F)F. The lowest BCUT2D eigenvalue weighted by atomic mass is 9.48. The van der Waals surface area contributed by atoms with Crippen LogP contribution in [0.2, 0.25) is 0 Å². The number of methoxy groups -OCH3 is 3. The van der Waals surface area contributed by atoms with Crippen molar-refractivity contribution in [3.05, 3.63) is 53.5 Å². The van der Waals surface area contributed by atoms with Crippen LogP contribution in [-0.2, 0) is 62.7 Å². The molecular formula is C42H54BF6NO13S2. The molecule has 1 aromatic carbocycles. The average Bonchev–Trinajstić information content (AvgIpc) is 3.33. The number of hydrogen-bond donors (Lipinski definition) is 0. The third-order valence-electron chi connectivity index (χ3n) is 13.5. The highest BCUT2D eigenvalue weighted by Gasteiger charge is 2.62. The highest BCUT2D eigenvalue weighted by Crippen LogP contribution is 2.60. The molecule has 8 rings (SSSR count). The summed E-state index contributed by atoms with van der Waals surface area (Å²) in [6.07, 6.45) is 13.7. The quantitative estimate of drug-likeness (QED) is 0.0859. The van der Waals surface area contributed by atoms with E-state index in [4.69, 9.17) is 14.0 Å². The number of hydrogen-bond acceptors (Lipinski definition) is 13. The maximum absolute atomic E-state index is 12.4. The van der Waals surface area contributed by atoms with Gasteiger partial charge in [0.25, 0.3) is 0 Å². The number of alkyl halides is 6. The third kappa shape index (κ3) is 10.5. The van der Waals surface area contributed by atoms with Crippen molar-refractivity contribution in [3.8, 4) is 0 Å². The monoisotopic (exact) mass is 969 g/mol. The highest BCUT2D eigenvalue weighted by atomic mass is 32.3. The van der Waals surface area contributed by atoms with Gasteiger partial charge in [0.15, 0.2) is 0 Å². The van der Waals surface area contributed by atoms with Crippen molar-refractivity contribution in [2.24, 2.45) is 34.0 Å². The number of esters is 3. The maximum Gasteiger partial charge on any atom is 0.517 e. The molecule has 0 bridgehead atoms. The van der Waals surface area contributed by atoms with E-state index in [-0.39, 0.29) is 64.8 Å². The Morgan fingerprint density at radius 2 is 1.00 bits per heavy atom. The number of Topliss-reactive ketones (excluding diaryl/α,β-unsaturated/α-hetero) is 1. The van der Waals surface area contributed by atoms with Gasteiger partial charge in [-0.2, -0.15) is 43.2 Å². The predicted molar refractivity (Wildman–Crippen MR) is 222 cm³/mol. The molecule has 0 N–H and O–H groups in total. The van der Waals surface area contributed by atoms with Gasteiger partial charge in [-0.1, -0.05) is 35.9 Å². The van der Waals surface area contributed by atoms with E-state index in [0.717, 1.165) is 63.1 Å². The smallest absolute Gasteiger partial charge is 0.469 e. The second kappa shape index (κ2) is 17.9. The van der Waals surface area contributed by atoms with Crippen molar-refractivity contribution < 1.29 is 85.9 Å². The lowest BCUT2D eigenvalue weighted by molar-refractivity contribution is -0.163. The number of halogens is 6. The molecule has 23 heteroatoms. The molecule has 1 aliphatic heterocycles. The van der Waals surface area contributed by atoms with E-state index in [2.05, 4.69) is 56.2 Å². The summed E-state index contributed by atoms with van der Waals surface area (Å²) in [6.45, 7) is 10.4. The van der Waals surface area contributed by atoms with Crippen LogP contribution in [-0.4, -0.2) is 91.2 Å². The summed E-state index contributed by atoms with van der Waals surface area (Å²) in [7, 11) is -9.49. The third-order valence-corrected chi connectivity index (χ3v) is 17.1. The van der Waals surface area contributed by atoms with Gasteiger partial charge in [0.2, 0.25) is 0 Å². The lowest BCUT2D eigenvalue weighted by Gasteiger charge is -2.51. The average molecular weight is 970 g/mol. The number of rotatable bonds is 7. The van der Waals surface area contributed by atoms with Gasteiger partial charge < -0.3 is 23.5 Å². The molecule has 362 valence electrons. The van der Waals surface area contributed by atoms with E-state index in [1.54, 1.807) is 0 Å². The fourth-order valence-electron chi connectivity index (χ4n) is 9.54. The number of ketones is 1. The van der Waals surface area contributed by atoms with Gasteiger partial charge in [0.1, 0.15) is 5.78 Å². The first kappa shape index (κ1) is 52.0. The number of sulfonamides is 2. The van der Waals surface area contributed by atoms with Crippen LogP contribution < -0.4 is 3.71 Å². The zero-order valence-electron chi connectivity index (χ0n) is 37.3. The van der Waals surface area contributed by atoms with Crippen LogP contribution in [0.4, 0.5) is 32.0 Å². The van der Waals surface area contributed by atoms with Crippen LogP contribution in [0.15, 0.2) is 53.5 Å². The zero-order valence-corrected chi connectivity index (χ0v) is 38.9. The predicted octanol–water partition coefficient (Wildman–Crippen LogP) is 7.53. The summed E-state index contributed by atoms with van der Waals surface area (Å²) in [5, 5.41) is 0. The van der Waals surface area contributed by atoms with Gasteiger partial charge in [0, 0.05) is 12.8 Å². The molecule has 0 aromatic heterocycles. The Morgan fingerprint density at radius 1 is 0.646 bits per heavy atom. The standard InChI is InChI=1S/C15H23BO4.C10H14O2.C9H12O3.C8H5F6NO4S2/c1-13(2)14(3,4)20-16(19-13)11-8-15(9-11)6-10(7-15)12(17)18-5;1-7-3-10(4-7)5-8(6-10)9(11)12-2;1-12-8(11)6-2-9(3-6)4-7(10)5-9;9-7(10,11)20(16,17)15(6-4-2-1-3-5-6)21(18,19)8(12,13)14/h8,10H,6-7,9H2,1-5H3;3,8H,4-6H2,1-2H3;6H,2-5H2,1H3;1-5H. The van der Waals surface area contributed by atoms with Crippen LogP contribution in [0.1, 0.15) is 98.8 Å². The molecule has 5 fully saturated rings. The normalized spacial score (nSPS) is 24.9. The Morgan fingerprint density at radius 3 is 1.32 bits per heavy atom. The number of para-hydroxylation sites is 1. The Balaban J connectivity index is 0.000000168. The Kier molecular flexibility index (Phi) is 14.4. The fourth-order valence-corrected chi connectivity index (χ4v) is 12.3. The molecule has 0 unspecified atom stereocenters. The Bertz CT molecular complexity index is 2230. The fraction of sp³-hybridized carbons (Fsp3) is 0.667. The first-order chi connectivity index (χ1) is 29.7. The maximum atomic E-state index is 12.4. The molecule has 0 radical (unpaired) electrons. The van der Waals surface area contributed by atoms with E-state index >= 15 is 0 Å². The number of carbonyl (C=O) groups is 4. The number of ether oxygens (including phenoxy) is 3. The topological polar surface area (TPSA) is 186 Å². The minimum absolute atomic E-state index is 0.0291. The van der Waals surface area contributed by atoms with Crippen molar-refractivity contribution in [2.45, 2.75) is 121 Å². The summed E-state index contributed by atoms with van der Waals surface area (Å²) in [4.78, 5) is 44.2. The molecule has 1 heterocycles. The molecular weight excluding hydrogens is 915 g/mol. The molecule has 3 spiro atoms. The van der Waals surface area contributed by atoms with Crippen LogP contribution >= 0.6 is 0 Å². The molecule has 1 saturated heterocycles. The largest absolute Gasteiger partial charge is 0.517 e. The highest BCUT2D eigenvalue weighted by molar-refractivity contribution is 8.11. The summed E-state index contributed by atoms with van der Waals surface area (Å²) in [5.41, 5.74) is -10.8. The Labute approximate surface area is 375 Å². The minimum Gasteiger partial charge on any atom is -0.469 e. The van der Waals surface area contributed by atoms with Crippen molar-refractivity contribution in [2.75, 3.05) is 25.0 Å². The van der Waals surface area contributed by atoms with Gasteiger partial charge in [-0.05, 0) is 120 Å². The van der Waals surface area contributed by atoms with E-state index in [9.17, 15) is 62.4 Å². The summed E-state index contributed by atoms with van der Waals surface area (Å²) < 4.78 is 144. The lowest BCUT2D eigenvalue weighted by Crippen LogP contribution is -2.50. The second-order valence-electron chi connectivity index (χ2n) is 19.1. The van der Waals surface area contributed by atoms with E-state index in [0.29, 0.717) is 36.2 Å². The first-order valence-electron chi connectivity index (χ1n) is 20.7. The van der Waals surface area contributed by atoms with Gasteiger partial charge in [-0.25, -0.2) is 0 Å². The zero-order chi connectivity index (χ0) is 49.0. The number of nitrogens with zero attached hydrogens (tertiary/aromatic N) is 1. The van der Waals surface area contributed by atoms with Crippen molar-refractivity contribution in [1.82, 2.24) is 0 Å². The van der Waals surface area contributed by atoms with E-state index in [1.165, 1.54) is 38.8 Å².